The van der Waals surface area contributed by atoms with Gasteiger partial charge in [-0.05, 0) is 18.9 Å². The maximum absolute atomic E-state index is 8.69. The Hall–Kier alpha value is -0.660. The lowest BCUT2D eigenvalue weighted by Crippen LogP contribution is -1.93. The average molecular weight is 199 g/mol. The molecule has 0 aromatic heterocycles. The Morgan fingerprint density at radius 2 is 1.50 bits per heavy atom. The molecule has 14 heavy (non-hydrogen) atoms. The van der Waals surface area contributed by atoms with Gasteiger partial charge in [0.15, 0.2) is 5.88 Å². The summed E-state index contributed by atoms with van der Waals surface area (Å²) in [5, 5.41) is 8.69. The summed E-state index contributed by atoms with van der Waals surface area (Å²) >= 11 is 0. The Labute approximate surface area is 88.2 Å². The molecule has 0 atom stereocenters. The van der Waals surface area contributed by atoms with E-state index in [0.29, 0.717) is 0 Å². The van der Waals surface area contributed by atoms with Crippen molar-refractivity contribution in [1.29, 1.82) is 0 Å². The minimum absolute atomic E-state index is 0.0343. The number of aliphatic hydroxyl groups is 1. The fourth-order valence-corrected chi connectivity index (χ4v) is 1.53. The van der Waals surface area contributed by atoms with Crippen molar-refractivity contribution in [3.8, 4) is 0 Å². The molecule has 0 aromatic rings. The van der Waals surface area contributed by atoms with E-state index in [1.165, 1.54) is 44.9 Å². The third kappa shape index (κ3) is 11.3. The second kappa shape index (κ2) is 10.4. The minimum Gasteiger partial charge on any atom is -0.495 e. The van der Waals surface area contributed by atoms with Gasteiger partial charge in [-0.1, -0.05) is 51.9 Å². The highest BCUT2D eigenvalue weighted by Gasteiger charge is 1.90. The molecular formula is C12H25NO. The van der Waals surface area contributed by atoms with E-state index in [4.69, 9.17) is 10.8 Å². The van der Waals surface area contributed by atoms with E-state index in [1.807, 2.05) is 0 Å². The van der Waals surface area contributed by atoms with Gasteiger partial charge in [0.25, 0.3) is 0 Å². The molecule has 0 unspecified atom stereocenters. The Balaban J connectivity index is 2.96. The Morgan fingerprint density at radius 3 is 2.00 bits per heavy atom. The van der Waals surface area contributed by atoms with Crippen LogP contribution in [0, 0.1) is 0 Å². The fraction of sp³-hybridized carbons (Fsp3) is 0.833. The summed E-state index contributed by atoms with van der Waals surface area (Å²) in [6.45, 7) is 2.24. The summed E-state index contributed by atoms with van der Waals surface area (Å²) in [6, 6.07) is 0. The molecule has 0 aromatic carbocycles. The molecule has 0 aliphatic carbocycles. The van der Waals surface area contributed by atoms with Crippen LogP contribution in [0.5, 0.6) is 0 Å². The molecule has 0 radical (unpaired) electrons. The summed E-state index contributed by atoms with van der Waals surface area (Å²) in [4.78, 5) is 0. The van der Waals surface area contributed by atoms with Crippen LogP contribution in [0.25, 0.3) is 0 Å². The lowest BCUT2D eigenvalue weighted by atomic mass is 10.1. The highest BCUT2D eigenvalue weighted by atomic mass is 16.3. The van der Waals surface area contributed by atoms with E-state index in [9.17, 15) is 0 Å². The second-order valence-corrected chi connectivity index (χ2v) is 3.89. The zero-order valence-electron chi connectivity index (χ0n) is 9.47. The van der Waals surface area contributed by atoms with E-state index < -0.39 is 0 Å². The lowest BCUT2D eigenvalue weighted by Gasteiger charge is -1.99. The van der Waals surface area contributed by atoms with Gasteiger partial charge in [-0.3, -0.25) is 0 Å². The molecule has 2 heteroatoms. The molecule has 84 valence electrons. The first kappa shape index (κ1) is 13.3. The van der Waals surface area contributed by atoms with Gasteiger partial charge in [0, 0.05) is 0 Å². The topological polar surface area (TPSA) is 46.2 Å². The van der Waals surface area contributed by atoms with Crippen molar-refractivity contribution in [2.45, 2.75) is 64.7 Å². The largest absolute Gasteiger partial charge is 0.495 e. The molecule has 0 amide bonds. The third-order valence-corrected chi connectivity index (χ3v) is 2.41. The van der Waals surface area contributed by atoms with Crippen LogP contribution >= 0.6 is 0 Å². The van der Waals surface area contributed by atoms with E-state index in [1.54, 1.807) is 6.08 Å². The van der Waals surface area contributed by atoms with E-state index in [-0.39, 0.29) is 5.88 Å². The summed E-state index contributed by atoms with van der Waals surface area (Å²) in [6.07, 6.45) is 13.2. The van der Waals surface area contributed by atoms with Crippen LogP contribution in [0.15, 0.2) is 12.0 Å². The number of aliphatic hydroxyl groups excluding tert-OH is 1. The van der Waals surface area contributed by atoms with Gasteiger partial charge in [-0.2, -0.15) is 0 Å². The van der Waals surface area contributed by atoms with Gasteiger partial charge in [-0.25, -0.2) is 0 Å². The Morgan fingerprint density at radius 1 is 1.00 bits per heavy atom. The molecule has 2 nitrogen and oxygen atoms in total. The summed E-state index contributed by atoms with van der Waals surface area (Å²) in [7, 11) is 0. The number of rotatable bonds is 9. The number of unbranched alkanes of at least 4 members (excludes halogenated alkanes) is 8. The molecule has 0 saturated carbocycles. The van der Waals surface area contributed by atoms with Crippen LogP contribution in [0.1, 0.15) is 64.7 Å². The zero-order chi connectivity index (χ0) is 10.6. The van der Waals surface area contributed by atoms with Gasteiger partial charge in [0.2, 0.25) is 0 Å². The van der Waals surface area contributed by atoms with Crippen LogP contribution < -0.4 is 5.73 Å². The number of nitrogens with two attached hydrogens (primary N) is 1. The van der Waals surface area contributed by atoms with Crippen LogP contribution in [0.4, 0.5) is 0 Å². The van der Waals surface area contributed by atoms with Crippen molar-refractivity contribution in [2.75, 3.05) is 0 Å². The third-order valence-electron chi connectivity index (χ3n) is 2.41. The highest BCUT2D eigenvalue weighted by Crippen LogP contribution is 2.09. The normalized spacial score (nSPS) is 11.9. The molecule has 0 bridgehead atoms. The van der Waals surface area contributed by atoms with E-state index in [2.05, 4.69) is 6.92 Å². The van der Waals surface area contributed by atoms with Gasteiger partial charge < -0.3 is 10.8 Å². The van der Waals surface area contributed by atoms with E-state index in [0.717, 1.165) is 12.8 Å². The van der Waals surface area contributed by atoms with Crippen LogP contribution in [0.3, 0.4) is 0 Å². The Kier molecular flexibility index (Phi) is 9.93. The van der Waals surface area contributed by atoms with Crippen molar-refractivity contribution in [3.63, 3.8) is 0 Å². The zero-order valence-corrected chi connectivity index (χ0v) is 9.47. The maximum atomic E-state index is 8.69. The van der Waals surface area contributed by atoms with Crippen LogP contribution in [0.2, 0.25) is 0 Å². The van der Waals surface area contributed by atoms with Crippen molar-refractivity contribution in [3.05, 3.63) is 12.0 Å². The fourth-order valence-electron chi connectivity index (χ4n) is 1.53. The van der Waals surface area contributed by atoms with Gasteiger partial charge >= 0.3 is 0 Å². The van der Waals surface area contributed by atoms with Crippen LogP contribution in [-0.4, -0.2) is 5.11 Å². The predicted octanol–water partition coefficient (Wildman–Crippen LogP) is 3.88. The Bertz CT molecular complexity index is 139. The number of hydrogen-bond donors (Lipinski definition) is 2. The van der Waals surface area contributed by atoms with Crippen molar-refractivity contribution >= 4 is 0 Å². The first-order valence-electron chi connectivity index (χ1n) is 5.92. The minimum atomic E-state index is -0.0343. The molecular weight excluding hydrogens is 174 g/mol. The summed E-state index contributed by atoms with van der Waals surface area (Å²) in [5.41, 5.74) is 5.10. The average Bonchev–Trinajstić information content (AvgIpc) is 2.15. The molecule has 0 fully saturated rings. The summed E-state index contributed by atoms with van der Waals surface area (Å²) < 4.78 is 0. The van der Waals surface area contributed by atoms with Gasteiger partial charge in [-0.15, -0.1) is 0 Å². The monoisotopic (exact) mass is 199 g/mol. The molecule has 0 aliphatic heterocycles. The van der Waals surface area contributed by atoms with Crippen molar-refractivity contribution < 1.29 is 5.11 Å². The molecule has 0 heterocycles. The first-order chi connectivity index (χ1) is 6.77. The van der Waals surface area contributed by atoms with Crippen LogP contribution in [-0.2, 0) is 0 Å². The maximum Gasteiger partial charge on any atom is 0.177 e. The number of hydrogen-bond acceptors (Lipinski definition) is 2. The first-order valence-corrected chi connectivity index (χ1v) is 5.92. The van der Waals surface area contributed by atoms with Crippen molar-refractivity contribution in [1.82, 2.24) is 0 Å². The lowest BCUT2D eigenvalue weighted by molar-refractivity contribution is 0.402. The second-order valence-electron chi connectivity index (χ2n) is 3.89. The smallest absolute Gasteiger partial charge is 0.177 e. The molecule has 0 spiro atoms. The van der Waals surface area contributed by atoms with Gasteiger partial charge in [0.1, 0.15) is 0 Å². The molecule has 0 aliphatic rings. The standard InChI is InChI=1S/C12H25NO/c1-2-3-4-5-6-7-8-9-10-11-12(13)14/h11,14H,2-10,13H2,1H3/b12-11+. The summed E-state index contributed by atoms with van der Waals surface area (Å²) in [5.74, 6) is -0.0343. The van der Waals surface area contributed by atoms with Crippen molar-refractivity contribution in [2.24, 2.45) is 5.73 Å². The molecule has 0 saturated heterocycles. The van der Waals surface area contributed by atoms with E-state index >= 15 is 0 Å². The number of allylic oxidation sites excluding steroid dienone is 1. The molecule has 3 N–H and O–H groups in total. The highest BCUT2D eigenvalue weighted by molar-refractivity contribution is 4.83. The van der Waals surface area contributed by atoms with Gasteiger partial charge in [0.05, 0.1) is 0 Å². The molecule has 0 rings (SSSR count). The quantitative estimate of drug-likeness (QED) is 0.437. The SMILES string of the molecule is CCCCCCCCCC/C=C(\N)O. The predicted molar refractivity (Wildman–Crippen MR) is 62.1 cm³/mol.